The van der Waals surface area contributed by atoms with Crippen LogP contribution in [0.4, 0.5) is 10.6 Å². The Balaban J connectivity index is 1.30. The first-order valence-electron chi connectivity index (χ1n) is 9.25. The molecule has 1 spiro atoms. The van der Waals surface area contributed by atoms with Gasteiger partial charge in [0.15, 0.2) is 0 Å². The molecule has 0 unspecified atom stereocenters. The number of rotatable bonds is 3. The summed E-state index contributed by atoms with van der Waals surface area (Å²) in [4.78, 5) is 26.0. The number of carbonyl (C=O) groups is 1. The van der Waals surface area contributed by atoms with Crippen molar-refractivity contribution in [1.29, 1.82) is 0 Å². The maximum Gasteiger partial charge on any atom is 0.407 e. The molecule has 26 heavy (non-hydrogen) atoms. The standard InChI is InChI=1S/C19H27N5O2/c1-18(2,3)26-17(25)23-12-7-19(8-12)9-13(10-19)24(4)16-14-5-6-20-15(14)21-11-22-16/h5-6,11-13H,7-10H2,1-4H3,(H,23,25)(H,20,21,22). The van der Waals surface area contributed by atoms with Crippen molar-refractivity contribution in [2.75, 3.05) is 11.9 Å². The molecule has 0 aliphatic heterocycles. The van der Waals surface area contributed by atoms with Crippen LogP contribution in [0.1, 0.15) is 46.5 Å². The molecule has 7 nitrogen and oxygen atoms in total. The average molecular weight is 357 g/mol. The minimum absolute atomic E-state index is 0.242. The quantitative estimate of drug-likeness (QED) is 0.881. The van der Waals surface area contributed by atoms with E-state index in [9.17, 15) is 4.79 Å². The van der Waals surface area contributed by atoms with Crippen LogP contribution in [0.2, 0.25) is 0 Å². The molecule has 0 atom stereocenters. The van der Waals surface area contributed by atoms with Gasteiger partial charge in [0, 0.05) is 25.3 Å². The van der Waals surface area contributed by atoms with Gasteiger partial charge in [-0.05, 0) is 57.9 Å². The number of carbonyl (C=O) groups excluding carboxylic acids is 1. The number of nitrogens with one attached hydrogen (secondary N) is 2. The van der Waals surface area contributed by atoms with Gasteiger partial charge < -0.3 is 19.9 Å². The lowest BCUT2D eigenvalue weighted by atomic mass is 9.52. The summed E-state index contributed by atoms with van der Waals surface area (Å²) in [6, 6.07) is 2.76. The van der Waals surface area contributed by atoms with Crippen LogP contribution in [-0.2, 0) is 4.74 Å². The molecule has 0 bridgehead atoms. The number of aromatic amines is 1. The van der Waals surface area contributed by atoms with E-state index in [2.05, 4.69) is 32.2 Å². The fraction of sp³-hybridized carbons (Fsp3) is 0.632. The Morgan fingerprint density at radius 1 is 1.31 bits per heavy atom. The topological polar surface area (TPSA) is 83.1 Å². The van der Waals surface area contributed by atoms with Crippen molar-refractivity contribution in [1.82, 2.24) is 20.3 Å². The van der Waals surface area contributed by atoms with Crippen molar-refractivity contribution in [2.45, 2.75) is 64.1 Å². The molecule has 2 saturated carbocycles. The molecule has 2 N–H and O–H groups in total. The summed E-state index contributed by atoms with van der Waals surface area (Å²) in [7, 11) is 2.11. The van der Waals surface area contributed by atoms with Crippen molar-refractivity contribution in [2.24, 2.45) is 5.41 Å². The Kier molecular flexibility index (Phi) is 3.86. The molecule has 4 rings (SSSR count). The number of nitrogens with zero attached hydrogens (tertiary/aromatic N) is 3. The number of ether oxygens (including phenoxy) is 1. The maximum atomic E-state index is 11.9. The van der Waals surface area contributed by atoms with E-state index in [-0.39, 0.29) is 12.1 Å². The number of hydrogen-bond donors (Lipinski definition) is 2. The van der Waals surface area contributed by atoms with Gasteiger partial charge in [-0.15, -0.1) is 0 Å². The monoisotopic (exact) mass is 357 g/mol. The minimum atomic E-state index is -0.448. The van der Waals surface area contributed by atoms with E-state index >= 15 is 0 Å². The van der Waals surface area contributed by atoms with Crippen LogP contribution in [0.5, 0.6) is 0 Å². The number of hydrogen-bond acceptors (Lipinski definition) is 5. The lowest BCUT2D eigenvalue weighted by molar-refractivity contribution is -0.0240. The summed E-state index contributed by atoms with van der Waals surface area (Å²) in [5.74, 6) is 0.985. The Bertz CT molecular complexity index is 811. The zero-order chi connectivity index (χ0) is 18.5. The molecule has 2 fully saturated rings. The first kappa shape index (κ1) is 17.1. The lowest BCUT2D eigenvalue weighted by Gasteiger charge is -2.59. The van der Waals surface area contributed by atoms with Crippen LogP contribution in [0.25, 0.3) is 11.0 Å². The number of anilines is 1. The summed E-state index contributed by atoms with van der Waals surface area (Å²) in [6.07, 6.45) is 7.58. The number of aromatic nitrogens is 3. The normalized spacial score (nSPS) is 27.7. The molecular formula is C19H27N5O2. The van der Waals surface area contributed by atoms with Crippen molar-refractivity contribution in [3.63, 3.8) is 0 Å². The van der Waals surface area contributed by atoms with Crippen LogP contribution >= 0.6 is 0 Å². The van der Waals surface area contributed by atoms with Crippen LogP contribution in [0.3, 0.4) is 0 Å². The van der Waals surface area contributed by atoms with Gasteiger partial charge in [-0.2, -0.15) is 0 Å². The van der Waals surface area contributed by atoms with E-state index in [0.717, 1.165) is 42.5 Å². The summed E-state index contributed by atoms with van der Waals surface area (Å²) in [6.45, 7) is 5.65. The highest BCUT2D eigenvalue weighted by molar-refractivity contribution is 5.87. The van der Waals surface area contributed by atoms with Crippen LogP contribution in [0, 0.1) is 5.41 Å². The van der Waals surface area contributed by atoms with Gasteiger partial charge in [0.1, 0.15) is 23.4 Å². The molecule has 2 aromatic heterocycles. The first-order valence-corrected chi connectivity index (χ1v) is 9.25. The highest BCUT2D eigenvalue weighted by Crippen LogP contribution is 2.57. The van der Waals surface area contributed by atoms with Crippen molar-refractivity contribution in [3.8, 4) is 0 Å². The van der Waals surface area contributed by atoms with Crippen LogP contribution < -0.4 is 10.2 Å². The largest absolute Gasteiger partial charge is 0.444 e. The van der Waals surface area contributed by atoms with Gasteiger partial charge in [-0.3, -0.25) is 0 Å². The number of H-pyrrole nitrogens is 1. The molecule has 2 aliphatic carbocycles. The SMILES string of the molecule is CN(c1ncnc2[nH]ccc12)C1CC2(CC(NC(=O)OC(C)(C)C)C2)C1. The van der Waals surface area contributed by atoms with E-state index in [4.69, 9.17) is 4.74 Å². The minimum Gasteiger partial charge on any atom is -0.444 e. The van der Waals surface area contributed by atoms with E-state index in [0.29, 0.717) is 11.5 Å². The fourth-order valence-corrected chi connectivity index (χ4v) is 4.42. The maximum absolute atomic E-state index is 11.9. The first-order chi connectivity index (χ1) is 12.2. The molecule has 140 valence electrons. The molecule has 1 amide bonds. The van der Waals surface area contributed by atoms with E-state index < -0.39 is 5.60 Å². The Labute approximate surface area is 153 Å². The summed E-state index contributed by atoms with van der Waals surface area (Å²) in [5.41, 5.74) is 0.806. The fourth-order valence-electron chi connectivity index (χ4n) is 4.42. The number of fused-ring (bicyclic) bond motifs is 1. The Morgan fingerprint density at radius 3 is 2.73 bits per heavy atom. The molecule has 7 heteroatoms. The van der Waals surface area contributed by atoms with Crippen molar-refractivity contribution < 1.29 is 9.53 Å². The predicted molar refractivity (Wildman–Crippen MR) is 100 cm³/mol. The third-order valence-electron chi connectivity index (χ3n) is 5.63. The summed E-state index contributed by atoms with van der Waals surface area (Å²) >= 11 is 0. The van der Waals surface area contributed by atoms with Crippen molar-refractivity contribution in [3.05, 3.63) is 18.6 Å². The molecular weight excluding hydrogens is 330 g/mol. The summed E-state index contributed by atoms with van der Waals surface area (Å²) in [5, 5.41) is 4.06. The van der Waals surface area contributed by atoms with Gasteiger partial charge in [0.05, 0.1) is 5.39 Å². The highest BCUT2D eigenvalue weighted by atomic mass is 16.6. The summed E-state index contributed by atoms with van der Waals surface area (Å²) < 4.78 is 5.34. The Hall–Kier alpha value is -2.31. The molecule has 2 aromatic rings. The highest BCUT2D eigenvalue weighted by Gasteiger charge is 2.54. The second kappa shape index (κ2) is 5.86. The van der Waals surface area contributed by atoms with E-state index in [1.54, 1.807) is 6.33 Å². The van der Waals surface area contributed by atoms with Gasteiger partial charge in [-0.25, -0.2) is 14.8 Å². The molecule has 2 aliphatic rings. The molecule has 0 aromatic carbocycles. The third-order valence-corrected chi connectivity index (χ3v) is 5.63. The molecule has 0 saturated heterocycles. The van der Waals surface area contributed by atoms with Gasteiger partial charge in [0.25, 0.3) is 0 Å². The second-order valence-corrected chi connectivity index (χ2v) is 8.86. The Morgan fingerprint density at radius 2 is 2.04 bits per heavy atom. The predicted octanol–water partition coefficient (Wildman–Crippen LogP) is 3.23. The van der Waals surface area contributed by atoms with E-state index in [1.807, 2.05) is 33.0 Å². The second-order valence-electron chi connectivity index (χ2n) is 8.86. The van der Waals surface area contributed by atoms with Gasteiger partial charge in [-0.1, -0.05) is 0 Å². The van der Waals surface area contributed by atoms with Crippen LogP contribution in [0.15, 0.2) is 18.6 Å². The third kappa shape index (κ3) is 3.10. The molecule has 0 radical (unpaired) electrons. The number of amides is 1. The average Bonchev–Trinajstić information content (AvgIpc) is 2.94. The van der Waals surface area contributed by atoms with Gasteiger partial charge >= 0.3 is 6.09 Å². The van der Waals surface area contributed by atoms with Crippen molar-refractivity contribution >= 4 is 22.9 Å². The van der Waals surface area contributed by atoms with Gasteiger partial charge in [0.2, 0.25) is 0 Å². The zero-order valence-electron chi connectivity index (χ0n) is 15.9. The van der Waals surface area contributed by atoms with Crippen LogP contribution in [-0.4, -0.2) is 45.8 Å². The smallest absolute Gasteiger partial charge is 0.407 e. The number of alkyl carbamates (subject to hydrolysis) is 1. The lowest BCUT2D eigenvalue weighted by Crippen LogP contribution is -2.61. The van der Waals surface area contributed by atoms with E-state index in [1.165, 1.54) is 0 Å². The zero-order valence-corrected chi connectivity index (χ0v) is 15.9. The molecule has 2 heterocycles.